The number of rotatable bonds is 3. The molecule has 0 aliphatic carbocycles. The maximum absolute atomic E-state index is 5.77. The first-order valence-corrected chi connectivity index (χ1v) is 5.39. The SMILES string of the molecule is CCC(C)/C=C\n1ncc(I)c1N. The summed E-state index contributed by atoms with van der Waals surface area (Å²) in [5.74, 6) is 1.28. The second-order valence-corrected chi connectivity index (χ2v) is 4.21. The first-order chi connectivity index (χ1) is 6.15. The van der Waals surface area contributed by atoms with E-state index in [-0.39, 0.29) is 0 Å². The van der Waals surface area contributed by atoms with E-state index in [1.165, 1.54) is 0 Å². The highest BCUT2D eigenvalue weighted by atomic mass is 127. The van der Waals surface area contributed by atoms with E-state index in [0.29, 0.717) is 11.7 Å². The molecule has 72 valence electrons. The lowest BCUT2D eigenvalue weighted by atomic mass is 10.1. The van der Waals surface area contributed by atoms with E-state index >= 15 is 0 Å². The van der Waals surface area contributed by atoms with Gasteiger partial charge in [-0.1, -0.05) is 26.3 Å². The minimum atomic E-state index is 0.571. The van der Waals surface area contributed by atoms with Gasteiger partial charge in [0.25, 0.3) is 0 Å². The van der Waals surface area contributed by atoms with Crippen molar-refractivity contribution in [1.29, 1.82) is 0 Å². The van der Waals surface area contributed by atoms with Crippen molar-refractivity contribution in [3.05, 3.63) is 15.8 Å². The molecule has 1 rings (SSSR count). The molecule has 0 aliphatic rings. The Morgan fingerprint density at radius 3 is 2.92 bits per heavy atom. The zero-order valence-corrected chi connectivity index (χ0v) is 10.0. The number of halogens is 1. The van der Waals surface area contributed by atoms with Gasteiger partial charge in [0.15, 0.2) is 0 Å². The third kappa shape index (κ3) is 2.72. The number of allylic oxidation sites excluding steroid dienone is 1. The Balaban J connectivity index is 2.74. The van der Waals surface area contributed by atoms with Gasteiger partial charge in [0.1, 0.15) is 5.82 Å². The summed E-state index contributed by atoms with van der Waals surface area (Å²) in [5.41, 5.74) is 5.77. The summed E-state index contributed by atoms with van der Waals surface area (Å²) in [4.78, 5) is 0. The van der Waals surface area contributed by atoms with Crippen molar-refractivity contribution in [2.75, 3.05) is 5.73 Å². The number of nitrogens with two attached hydrogens (primary N) is 1. The Morgan fingerprint density at radius 2 is 2.46 bits per heavy atom. The predicted molar refractivity (Wildman–Crippen MR) is 64.1 cm³/mol. The van der Waals surface area contributed by atoms with Crippen LogP contribution in [-0.2, 0) is 0 Å². The van der Waals surface area contributed by atoms with E-state index in [1.807, 2.05) is 6.20 Å². The third-order valence-electron chi connectivity index (χ3n) is 1.99. The average Bonchev–Trinajstić information content (AvgIpc) is 2.44. The molecule has 4 heteroatoms. The maximum atomic E-state index is 5.77. The first-order valence-electron chi connectivity index (χ1n) is 4.32. The van der Waals surface area contributed by atoms with Gasteiger partial charge in [-0.15, -0.1) is 0 Å². The van der Waals surface area contributed by atoms with Gasteiger partial charge in [-0.2, -0.15) is 5.10 Å². The Bertz CT molecular complexity index is 304. The van der Waals surface area contributed by atoms with Gasteiger partial charge < -0.3 is 5.73 Å². The molecule has 0 aliphatic heterocycles. The quantitative estimate of drug-likeness (QED) is 0.870. The summed E-state index contributed by atoms with van der Waals surface area (Å²) in [6.45, 7) is 4.33. The number of nitrogens with zero attached hydrogens (tertiary/aromatic N) is 2. The van der Waals surface area contributed by atoms with Crippen molar-refractivity contribution in [3.8, 4) is 0 Å². The van der Waals surface area contributed by atoms with Gasteiger partial charge in [0.05, 0.1) is 9.77 Å². The van der Waals surface area contributed by atoms with Gasteiger partial charge in [0.2, 0.25) is 0 Å². The minimum absolute atomic E-state index is 0.571. The van der Waals surface area contributed by atoms with Crippen LogP contribution in [-0.4, -0.2) is 9.78 Å². The number of hydrogen-bond acceptors (Lipinski definition) is 2. The van der Waals surface area contributed by atoms with Crippen LogP contribution in [0.3, 0.4) is 0 Å². The molecule has 1 heterocycles. The molecular formula is C9H14IN3. The Morgan fingerprint density at radius 1 is 1.77 bits per heavy atom. The highest BCUT2D eigenvalue weighted by molar-refractivity contribution is 14.1. The fourth-order valence-corrected chi connectivity index (χ4v) is 1.21. The van der Waals surface area contributed by atoms with Gasteiger partial charge in [-0.05, 0) is 28.5 Å². The van der Waals surface area contributed by atoms with E-state index in [2.05, 4.69) is 47.6 Å². The molecular weight excluding hydrogens is 277 g/mol. The minimum Gasteiger partial charge on any atom is -0.383 e. The molecule has 0 amide bonds. The Kier molecular flexibility index (Phi) is 3.77. The third-order valence-corrected chi connectivity index (χ3v) is 2.82. The van der Waals surface area contributed by atoms with Crippen molar-refractivity contribution in [1.82, 2.24) is 9.78 Å². The summed E-state index contributed by atoms with van der Waals surface area (Å²) in [6.07, 6.45) is 6.93. The molecule has 0 saturated heterocycles. The van der Waals surface area contributed by atoms with E-state index in [9.17, 15) is 0 Å². The van der Waals surface area contributed by atoms with Gasteiger partial charge in [-0.25, -0.2) is 4.68 Å². The normalized spacial score (nSPS) is 13.8. The summed E-state index contributed by atoms with van der Waals surface area (Å²) in [5, 5.41) is 4.12. The number of aromatic nitrogens is 2. The Hall–Kier alpha value is -0.520. The predicted octanol–water partition coefficient (Wildman–Crippen LogP) is 2.59. The standard InChI is InChI=1S/C9H14IN3/c1-3-7(2)4-5-13-9(11)8(10)6-12-13/h4-7H,3,11H2,1-2H3/b5-4-. The van der Waals surface area contributed by atoms with Crippen LogP contribution in [0.1, 0.15) is 20.3 Å². The summed E-state index contributed by atoms with van der Waals surface area (Å²) < 4.78 is 2.69. The molecule has 1 unspecified atom stereocenters. The lowest BCUT2D eigenvalue weighted by Crippen LogP contribution is -1.98. The molecule has 0 spiro atoms. The molecule has 3 nitrogen and oxygen atoms in total. The zero-order valence-electron chi connectivity index (χ0n) is 7.87. The molecule has 0 radical (unpaired) electrons. The molecule has 1 atom stereocenters. The summed E-state index contributed by atoms with van der Waals surface area (Å²) in [7, 11) is 0. The van der Waals surface area contributed by atoms with Gasteiger partial charge >= 0.3 is 0 Å². The number of nitrogen functional groups attached to an aromatic ring is 1. The zero-order chi connectivity index (χ0) is 9.84. The fraction of sp³-hybridized carbons (Fsp3) is 0.444. The van der Waals surface area contributed by atoms with Crippen LogP contribution >= 0.6 is 22.6 Å². The monoisotopic (exact) mass is 291 g/mol. The first kappa shape index (κ1) is 10.6. The van der Waals surface area contributed by atoms with Crippen LogP contribution in [0, 0.1) is 9.49 Å². The maximum Gasteiger partial charge on any atom is 0.139 e. The largest absolute Gasteiger partial charge is 0.383 e. The van der Waals surface area contributed by atoms with Crippen molar-refractivity contribution in [3.63, 3.8) is 0 Å². The van der Waals surface area contributed by atoms with Crippen LogP contribution in [0.15, 0.2) is 12.3 Å². The highest BCUT2D eigenvalue weighted by Crippen LogP contribution is 2.14. The summed E-state index contributed by atoms with van der Waals surface area (Å²) >= 11 is 2.17. The average molecular weight is 291 g/mol. The van der Waals surface area contributed by atoms with E-state index < -0.39 is 0 Å². The lowest BCUT2D eigenvalue weighted by molar-refractivity contribution is 0.697. The Labute approximate surface area is 92.1 Å². The molecule has 0 saturated carbocycles. The van der Waals surface area contributed by atoms with Crippen LogP contribution in [0.5, 0.6) is 0 Å². The lowest BCUT2D eigenvalue weighted by Gasteiger charge is -2.00. The fourth-order valence-electron chi connectivity index (χ4n) is 0.834. The van der Waals surface area contributed by atoms with Crippen molar-refractivity contribution in [2.24, 2.45) is 5.92 Å². The second kappa shape index (κ2) is 4.64. The van der Waals surface area contributed by atoms with Crippen LogP contribution < -0.4 is 5.73 Å². The smallest absolute Gasteiger partial charge is 0.139 e. The molecule has 0 bridgehead atoms. The second-order valence-electron chi connectivity index (χ2n) is 3.05. The molecule has 1 aromatic rings. The molecule has 2 N–H and O–H groups in total. The number of hydrogen-bond donors (Lipinski definition) is 1. The van der Waals surface area contributed by atoms with Crippen molar-refractivity contribution < 1.29 is 0 Å². The van der Waals surface area contributed by atoms with Gasteiger partial charge in [-0.3, -0.25) is 0 Å². The topological polar surface area (TPSA) is 43.8 Å². The summed E-state index contributed by atoms with van der Waals surface area (Å²) in [6, 6.07) is 0. The van der Waals surface area contributed by atoms with E-state index in [4.69, 9.17) is 5.73 Å². The van der Waals surface area contributed by atoms with Gasteiger partial charge in [0, 0.05) is 6.20 Å². The van der Waals surface area contributed by atoms with Crippen LogP contribution in [0.25, 0.3) is 6.20 Å². The molecule has 1 aromatic heterocycles. The number of anilines is 1. The molecule has 0 aromatic carbocycles. The van der Waals surface area contributed by atoms with Crippen molar-refractivity contribution >= 4 is 34.6 Å². The van der Waals surface area contributed by atoms with Crippen LogP contribution in [0.2, 0.25) is 0 Å². The highest BCUT2D eigenvalue weighted by Gasteiger charge is 2.00. The van der Waals surface area contributed by atoms with Crippen LogP contribution in [0.4, 0.5) is 5.82 Å². The molecule has 13 heavy (non-hydrogen) atoms. The van der Waals surface area contributed by atoms with Crippen molar-refractivity contribution in [2.45, 2.75) is 20.3 Å². The molecule has 0 fully saturated rings. The van der Waals surface area contributed by atoms with E-state index in [1.54, 1.807) is 10.9 Å². The van der Waals surface area contributed by atoms with E-state index in [0.717, 1.165) is 9.99 Å².